The van der Waals surface area contributed by atoms with Gasteiger partial charge in [0.2, 0.25) is 15.9 Å². The van der Waals surface area contributed by atoms with E-state index in [1.807, 2.05) is 38.1 Å². The first kappa shape index (κ1) is 21.7. The Hall–Kier alpha value is -2.64. The quantitative estimate of drug-likeness (QED) is 0.654. The minimum Gasteiger partial charge on any atom is -0.496 e. The summed E-state index contributed by atoms with van der Waals surface area (Å²) in [5.41, 5.74) is 1.63. The molecule has 0 atom stereocenters. The molecule has 2 rings (SSSR count). The van der Waals surface area contributed by atoms with E-state index in [9.17, 15) is 13.2 Å². The first-order chi connectivity index (χ1) is 13.4. The summed E-state index contributed by atoms with van der Waals surface area (Å²) in [5.74, 6) is 0.475. The normalized spacial score (nSPS) is 11.7. The fraction of sp³-hybridized carbons (Fsp3) is 0.286. The molecule has 0 aliphatic rings. The molecular formula is C21H26N2O4S. The van der Waals surface area contributed by atoms with Gasteiger partial charge in [0.1, 0.15) is 5.75 Å². The third-order valence-corrected chi connectivity index (χ3v) is 6.36. The van der Waals surface area contributed by atoms with Crippen molar-refractivity contribution >= 4 is 22.0 Å². The maximum Gasteiger partial charge on any atom is 0.244 e. The highest BCUT2D eigenvalue weighted by molar-refractivity contribution is 7.89. The molecule has 0 aliphatic heterocycles. The molecular weight excluding hydrogens is 376 g/mol. The van der Waals surface area contributed by atoms with E-state index >= 15 is 0 Å². The second kappa shape index (κ2) is 10.1. The van der Waals surface area contributed by atoms with E-state index in [0.29, 0.717) is 19.6 Å². The summed E-state index contributed by atoms with van der Waals surface area (Å²) in [5, 5.41) is 2.80. The van der Waals surface area contributed by atoms with E-state index in [1.54, 1.807) is 37.5 Å². The van der Waals surface area contributed by atoms with Crippen LogP contribution in [0.1, 0.15) is 25.0 Å². The van der Waals surface area contributed by atoms with Gasteiger partial charge in [-0.2, -0.15) is 4.31 Å². The lowest BCUT2D eigenvalue weighted by Gasteiger charge is -2.18. The summed E-state index contributed by atoms with van der Waals surface area (Å²) < 4.78 is 31.6. The Bertz CT molecular complexity index is 918. The van der Waals surface area contributed by atoms with Crippen molar-refractivity contribution in [3.05, 3.63) is 65.7 Å². The van der Waals surface area contributed by atoms with Gasteiger partial charge in [-0.05, 0) is 29.8 Å². The summed E-state index contributed by atoms with van der Waals surface area (Å²) >= 11 is 0. The number of ether oxygens (including phenoxy) is 1. The van der Waals surface area contributed by atoms with Crippen molar-refractivity contribution in [3.8, 4) is 5.75 Å². The maximum atomic E-state index is 12.5. The van der Waals surface area contributed by atoms with Crippen LogP contribution >= 0.6 is 0 Å². The van der Waals surface area contributed by atoms with Crippen LogP contribution in [0.15, 0.2) is 59.5 Å². The Kier molecular flexibility index (Phi) is 7.78. The van der Waals surface area contributed by atoms with E-state index in [1.165, 1.54) is 10.4 Å². The van der Waals surface area contributed by atoms with Gasteiger partial charge in [0.15, 0.2) is 0 Å². The summed E-state index contributed by atoms with van der Waals surface area (Å²) in [6.45, 7) is 4.82. The van der Waals surface area contributed by atoms with Crippen LogP contribution in [0.3, 0.4) is 0 Å². The molecule has 0 unspecified atom stereocenters. The molecule has 0 aromatic heterocycles. The number of carbonyl (C=O) groups is 1. The summed E-state index contributed by atoms with van der Waals surface area (Å²) in [6.07, 6.45) is 3.06. The lowest BCUT2D eigenvalue weighted by atomic mass is 10.2. The van der Waals surface area contributed by atoms with Gasteiger partial charge in [-0.15, -0.1) is 0 Å². The topological polar surface area (TPSA) is 75.7 Å². The first-order valence-corrected chi connectivity index (χ1v) is 10.5. The van der Waals surface area contributed by atoms with Gasteiger partial charge in [0.25, 0.3) is 0 Å². The van der Waals surface area contributed by atoms with Crippen LogP contribution in [-0.4, -0.2) is 38.8 Å². The van der Waals surface area contributed by atoms with E-state index in [-0.39, 0.29) is 10.8 Å². The predicted molar refractivity (Wildman–Crippen MR) is 110 cm³/mol. The molecule has 7 heteroatoms. The smallest absolute Gasteiger partial charge is 0.244 e. The molecule has 2 aromatic rings. The number of para-hydroxylation sites is 1. The Labute approximate surface area is 166 Å². The molecule has 1 N–H and O–H groups in total. The van der Waals surface area contributed by atoms with Crippen LogP contribution in [0.25, 0.3) is 6.08 Å². The van der Waals surface area contributed by atoms with Crippen LogP contribution in [0.4, 0.5) is 0 Å². The Morgan fingerprint density at radius 1 is 1.07 bits per heavy atom. The molecule has 1 amide bonds. The second-order valence-corrected chi connectivity index (χ2v) is 7.96. The number of methoxy groups -OCH3 is 1. The van der Waals surface area contributed by atoms with Crippen molar-refractivity contribution in [3.63, 3.8) is 0 Å². The monoisotopic (exact) mass is 402 g/mol. The molecule has 0 saturated heterocycles. The van der Waals surface area contributed by atoms with Gasteiger partial charge in [-0.1, -0.05) is 44.2 Å². The highest BCUT2D eigenvalue weighted by Gasteiger charge is 2.20. The van der Waals surface area contributed by atoms with Crippen molar-refractivity contribution in [1.82, 2.24) is 9.62 Å². The highest BCUT2D eigenvalue weighted by Crippen LogP contribution is 2.18. The summed E-state index contributed by atoms with van der Waals surface area (Å²) in [4.78, 5) is 12.3. The fourth-order valence-corrected chi connectivity index (χ4v) is 4.18. The number of rotatable bonds is 9. The lowest BCUT2D eigenvalue weighted by Crippen LogP contribution is -2.30. The summed E-state index contributed by atoms with van der Waals surface area (Å²) in [7, 11) is -1.89. The number of sulfonamides is 1. The van der Waals surface area contributed by atoms with Crippen molar-refractivity contribution < 1.29 is 17.9 Å². The number of benzene rings is 2. The Morgan fingerprint density at radius 3 is 2.32 bits per heavy atom. The minimum absolute atomic E-state index is 0.244. The number of nitrogens with one attached hydrogen (secondary N) is 1. The number of amides is 1. The third kappa shape index (κ3) is 5.43. The van der Waals surface area contributed by atoms with Gasteiger partial charge in [-0.25, -0.2) is 8.42 Å². The van der Waals surface area contributed by atoms with Crippen molar-refractivity contribution in [1.29, 1.82) is 0 Å². The molecule has 0 radical (unpaired) electrons. The molecule has 6 nitrogen and oxygen atoms in total. The van der Waals surface area contributed by atoms with Gasteiger partial charge < -0.3 is 10.1 Å². The predicted octanol–water partition coefficient (Wildman–Crippen LogP) is 3.06. The second-order valence-electron chi connectivity index (χ2n) is 6.02. The standard InChI is InChI=1S/C21H26N2O4S/c1-4-23(5-2)28(25,26)19-13-10-17(11-14-19)12-15-21(24)22-16-18-8-6-7-9-20(18)27-3/h6-15H,4-5,16H2,1-3H3,(H,22,24)/b15-12+. The lowest BCUT2D eigenvalue weighted by molar-refractivity contribution is -0.116. The molecule has 0 aliphatic carbocycles. The van der Waals surface area contributed by atoms with E-state index in [0.717, 1.165) is 16.9 Å². The van der Waals surface area contributed by atoms with Crippen molar-refractivity contribution in [2.24, 2.45) is 0 Å². The van der Waals surface area contributed by atoms with Gasteiger partial charge in [-0.3, -0.25) is 4.79 Å². The first-order valence-electron chi connectivity index (χ1n) is 9.10. The average molecular weight is 403 g/mol. The van der Waals surface area contributed by atoms with Crippen LogP contribution in [-0.2, 0) is 21.4 Å². The number of hydrogen-bond acceptors (Lipinski definition) is 4. The van der Waals surface area contributed by atoms with Crippen LogP contribution in [0.5, 0.6) is 5.75 Å². The molecule has 28 heavy (non-hydrogen) atoms. The number of nitrogens with zero attached hydrogens (tertiary/aromatic N) is 1. The highest BCUT2D eigenvalue weighted by atomic mass is 32.2. The van der Waals surface area contributed by atoms with Crippen molar-refractivity contribution in [2.45, 2.75) is 25.3 Å². The van der Waals surface area contributed by atoms with Crippen molar-refractivity contribution in [2.75, 3.05) is 20.2 Å². The fourth-order valence-electron chi connectivity index (χ4n) is 2.73. The van der Waals surface area contributed by atoms with Crippen LogP contribution < -0.4 is 10.1 Å². The molecule has 0 saturated carbocycles. The SMILES string of the molecule is CCN(CC)S(=O)(=O)c1ccc(/C=C/C(=O)NCc2ccccc2OC)cc1. The number of carbonyl (C=O) groups excluding carboxylic acids is 1. The van der Waals surface area contributed by atoms with E-state index in [2.05, 4.69) is 5.32 Å². The zero-order valence-corrected chi connectivity index (χ0v) is 17.2. The molecule has 150 valence electrons. The summed E-state index contributed by atoms with van der Waals surface area (Å²) in [6, 6.07) is 14.0. The maximum absolute atomic E-state index is 12.5. The molecule has 0 spiro atoms. The van der Waals surface area contributed by atoms with Crippen LogP contribution in [0, 0.1) is 0 Å². The Morgan fingerprint density at radius 2 is 1.71 bits per heavy atom. The molecule has 0 heterocycles. The van der Waals surface area contributed by atoms with E-state index < -0.39 is 10.0 Å². The van der Waals surface area contributed by atoms with Gasteiger partial charge in [0.05, 0.1) is 12.0 Å². The molecule has 0 bridgehead atoms. The largest absolute Gasteiger partial charge is 0.496 e. The van der Waals surface area contributed by atoms with E-state index in [4.69, 9.17) is 4.74 Å². The number of hydrogen-bond donors (Lipinski definition) is 1. The van der Waals surface area contributed by atoms with Crippen LogP contribution in [0.2, 0.25) is 0 Å². The average Bonchev–Trinajstić information content (AvgIpc) is 2.72. The molecule has 0 fully saturated rings. The molecule has 2 aromatic carbocycles. The third-order valence-electron chi connectivity index (χ3n) is 4.30. The Balaban J connectivity index is 1.99. The zero-order chi connectivity index (χ0) is 20.6. The minimum atomic E-state index is -3.48. The zero-order valence-electron chi connectivity index (χ0n) is 16.4. The van der Waals surface area contributed by atoms with Gasteiger partial charge in [0, 0.05) is 31.3 Å². The van der Waals surface area contributed by atoms with Gasteiger partial charge >= 0.3 is 0 Å².